The van der Waals surface area contributed by atoms with Crippen LogP contribution in [-0.4, -0.2) is 57.6 Å². The third kappa shape index (κ3) is 6.87. The van der Waals surface area contributed by atoms with Crippen molar-refractivity contribution in [3.63, 3.8) is 0 Å². The largest absolute Gasteiger partial charge is 0.396 e. The summed E-state index contributed by atoms with van der Waals surface area (Å²) < 4.78 is 5.63. The lowest BCUT2D eigenvalue weighted by atomic mass is 9.60. The molecule has 0 aromatic heterocycles. The van der Waals surface area contributed by atoms with Gasteiger partial charge >= 0.3 is 0 Å². The third-order valence-corrected chi connectivity index (χ3v) is 9.17. The van der Waals surface area contributed by atoms with Crippen molar-refractivity contribution in [1.29, 1.82) is 0 Å². The molecule has 0 aromatic rings. The van der Waals surface area contributed by atoms with Crippen molar-refractivity contribution >= 4 is 0 Å². The highest BCUT2D eigenvalue weighted by molar-refractivity contribution is 5.40. The van der Waals surface area contributed by atoms with E-state index in [-0.39, 0.29) is 6.61 Å². The first-order valence-electron chi connectivity index (χ1n) is 13.9. The first kappa shape index (κ1) is 28.6. The zero-order valence-electron chi connectivity index (χ0n) is 22.5. The molecule has 0 radical (unpaired) electrons. The number of hydrogen-bond donors (Lipinski definition) is 4. The van der Waals surface area contributed by atoms with Crippen molar-refractivity contribution in [2.24, 2.45) is 23.2 Å². The Morgan fingerprint density at radius 2 is 1.94 bits per heavy atom. The molecule has 200 valence electrons. The second kappa shape index (κ2) is 12.0. The summed E-state index contributed by atoms with van der Waals surface area (Å²) in [6.07, 6.45) is 12.1. The Hall–Kier alpha value is -0.980. The summed E-state index contributed by atoms with van der Waals surface area (Å²) >= 11 is 0. The molecule has 7 atom stereocenters. The molecule has 5 nitrogen and oxygen atoms in total. The molecule has 3 aliphatic rings. The normalized spacial score (nSPS) is 37.1. The van der Waals surface area contributed by atoms with Crippen molar-refractivity contribution in [2.75, 3.05) is 13.2 Å². The topological polar surface area (TPSA) is 90.2 Å². The molecule has 2 unspecified atom stereocenters. The molecule has 35 heavy (non-hydrogen) atoms. The second-order valence-electron chi connectivity index (χ2n) is 12.4. The molecule has 4 N–H and O–H groups in total. The molecule has 3 rings (SSSR count). The monoisotopic (exact) mass is 490 g/mol. The fourth-order valence-electron chi connectivity index (χ4n) is 7.21. The van der Waals surface area contributed by atoms with Crippen molar-refractivity contribution in [3.05, 3.63) is 35.5 Å². The molecule has 0 spiro atoms. The van der Waals surface area contributed by atoms with Gasteiger partial charge in [0.2, 0.25) is 0 Å². The van der Waals surface area contributed by atoms with Crippen LogP contribution < -0.4 is 0 Å². The van der Waals surface area contributed by atoms with E-state index in [9.17, 15) is 15.3 Å². The Morgan fingerprint density at radius 3 is 2.63 bits per heavy atom. The zero-order valence-corrected chi connectivity index (χ0v) is 22.5. The molecule has 0 bridgehead atoms. The van der Waals surface area contributed by atoms with E-state index < -0.39 is 23.9 Å². The fraction of sp³-hybridized carbons (Fsp3) is 0.800. The van der Waals surface area contributed by atoms with Gasteiger partial charge in [0.15, 0.2) is 0 Å². The minimum absolute atomic E-state index is 0.0269. The molecule has 0 saturated heterocycles. The summed E-state index contributed by atoms with van der Waals surface area (Å²) in [5, 5.41) is 40.4. The van der Waals surface area contributed by atoms with Gasteiger partial charge in [-0.1, -0.05) is 51.0 Å². The maximum Gasteiger partial charge on any atom is 0.114 e. The van der Waals surface area contributed by atoms with Crippen LogP contribution in [0, 0.1) is 23.2 Å². The van der Waals surface area contributed by atoms with Crippen LogP contribution in [0.15, 0.2) is 35.5 Å². The van der Waals surface area contributed by atoms with E-state index in [1.807, 2.05) is 13.8 Å². The molecule has 3 aliphatic carbocycles. The average molecular weight is 491 g/mol. The van der Waals surface area contributed by atoms with Crippen LogP contribution in [0.3, 0.4) is 0 Å². The van der Waals surface area contributed by atoms with Crippen LogP contribution in [0.4, 0.5) is 0 Å². The van der Waals surface area contributed by atoms with Crippen LogP contribution in [-0.2, 0) is 4.74 Å². The Balaban J connectivity index is 1.67. The van der Waals surface area contributed by atoms with Gasteiger partial charge in [-0.15, -0.1) is 0 Å². The number of fused-ring (bicyclic) bond motifs is 1. The van der Waals surface area contributed by atoms with Crippen LogP contribution in [0.5, 0.6) is 0 Å². The summed E-state index contributed by atoms with van der Waals surface area (Å²) in [5.74, 6) is 1.98. The minimum Gasteiger partial charge on any atom is -0.396 e. The molecule has 3 saturated carbocycles. The minimum atomic E-state index is -0.931. The van der Waals surface area contributed by atoms with E-state index in [1.165, 1.54) is 37.7 Å². The fourth-order valence-corrected chi connectivity index (χ4v) is 7.21. The van der Waals surface area contributed by atoms with Crippen molar-refractivity contribution in [1.82, 2.24) is 0 Å². The Kier molecular flexibility index (Phi) is 9.84. The molecule has 0 amide bonds. The molecular weight excluding hydrogens is 440 g/mol. The maximum absolute atomic E-state index is 10.7. The van der Waals surface area contributed by atoms with Crippen molar-refractivity contribution < 1.29 is 25.2 Å². The summed E-state index contributed by atoms with van der Waals surface area (Å²) in [6, 6.07) is 0. The van der Waals surface area contributed by atoms with Crippen LogP contribution in [0.1, 0.15) is 91.9 Å². The summed E-state index contributed by atoms with van der Waals surface area (Å²) in [5.41, 5.74) is 2.79. The molecular formula is C30H50O5. The van der Waals surface area contributed by atoms with Crippen molar-refractivity contribution in [2.45, 2.75) is 116 Å². The van der Waals surface area contributed by atoms with Crippen LogP contribution in [0.2, 0.25) is 0 Å². The van der Waals surface area contributed by atoms with E-state index in [2.05, 4.69) is 32.6 Å². The summed E-state index contributed by atoms with van der Waals surface area (Å²) in [4.78, 5) is 0. The SMILES string of the molecule is C=C1/C(=C\C=C2/CCC[C@]3(C)C(C(C)CCCC(C)(C)O)CC[C@@H]23)C[C@@H](O)[C@@H](OCCCO)[C@@H]1O. The first-order chi connectivity index (χ1) is 16.5. The van der Waals surface area contributed by atoms with Gasteiger partial charge in [-0.2, -0.15) is 0 Å². The lowest BCUT2D eigenvalue weighted by Gasteiger charge is -2.44. The molecule has 5 heteroatoms. The third-order valence-electron chi connectivity index (χ3n) is 9.17. The number of hydrogen-bond acceptors (Lipinski definition) is 5. The van der Waals surface area contributed by atoms with Gasteiger partial charge in [-0.3, -0.25) is 0 Å². The zero-order chi connectivity index (χ0) is 25.8. The van der Waals surface area contributed by atoms with E-state index in [0.717, 1.165) is 30.8 Å². The smallest absolute Gasteiger partial charge is 0.114 e. The van der Waals surface area contributed by atoms with Gasteiger partial charge in [-0.05, 0) is 93.1 Å². The lowest BCUT2D eigenvalue weighted by Crippen LogP contribution is -2.45. The standard InChI is InChI=1S/C30H50O5/c1-20(9-6-15-29(3,4)34)24-13-14-25-22(10-7-16-30(24,25)5)11-12-23-19-26(32)28(27(33)21(23)2)35-18-8-17-31/h11-12,20,24-28,31-34H,2,6-10,13-19H2,1,3-5H3/b22-11+,23-12-/t20?,24?,25-,26+,27+,28+,30+/m0/s1. The van der Waals surface area contributed by atoms with Gasteiger partial charge in [-0.25, -0.2) is 0 Å². The molecule has 0 aromatic carbocycles. The predicted octanol–water partition coefficient (Wildman–Crippen LogP) is 5.08. The van der Waals surface area contributed by atoms with Crippen LogP contribution in [0.25, 0.3) is 0 Å². The summed E-state index contributed by atoms with van der Waals surface area (Å²) in [6.45, 7) is 13.2. The lowest BCUT2D eigenvalue weighted by molar-refractivity contribution is -0.0968. The highest BCUT2D eigenvalue weighted by atomic mass is 16.5. The Labute approximate surface area is 213 Å². The number of ether oxygens (including phenoxy) is 1. The van der Waals surface area contributed by atoms with Gasteiger partial charge in [0, 0.05) is 19.6 Å². The number of aliphatic hydroxyl groups is 4. The molecule has 0 aliphatic heterocycles. The Morgan fingerprint density at radius 1 is 1.20 bits per heavy atom. The highest BCUT2D eigenvalue weighted by Crippen LogP contribution is 2.60. The van der Waals surface area contributed by atoms with Gasteiger partial charge in [0.25, 0.3) is 0 Å². The Bertz CT molecular complexity index is 778. The van der Waals surface area contributed by atoms with Crippen LogP contribution >= 0.6 is 0 Å². The average Bonchev–Trinajstić information content (AvgIpc) is 3.14. The second-order valence-corrected chi connectivity index (χ2v) is 12.4. The van der Waals surface area contributed by atoms with E-state index in [0.29, 0.717) is 42.3 Å². The van der Waals surface area contributed by atoms with Gasteiger partial charge in [0.05, 0.1) is 11.7 Å². The number of rotatable bonds is 10. The maximum atomic E-state index is 10.7. The first-order valence-corrected chi connectivity index (χ1v) is 13.9. The van der Waals surface area contributed by atoms with Crippen molar-refractivity contribution in [3.8, 4) is 0 Å². The van der Waals surface area contributed by atoms with E-state index in [1.54, 1.807) is 0 Å². The summed E-state index contributed by atoms with van der Waals surface area (Å²) in [7, 11) is 0. The predicted molar refractivity (Wildman–Crippen MR) is 141 cm³/mol. The van der Waals surface area contributed by atoms with E-state index >= 15 is 0 Å². The van der Waals surface area contributed by atoms with Gasteiger partial charge in [0.1, 0.15) is 12.2 Å². The quantitative estimate of drug-likeness (QED) is 0.321. The van der Waals surface area contributed by atoms with E-state index in [4.69, 9.17) is 9.84 Å². The number of allylic oxidation sites excluding steroid dienone is 3. The number of aliphatic hydroxyl groups excluding tert-OH is 3. The highest BCUT2D eigenvalue weighted by Gasteiger charge is 2.50. The molecule has 0 heterocycles. The van der Waals surface area contributed by atoms with Gasteiger partial charge < -0.3 is 25.2 Å². The molecule has 3 fully saturated rings.